The molecule has 32 heavy (non-hydrogen) atoms. The van der Waals surface area contributed by atoms with Crippen LogP contribution in [0.25, 0.3) is 22.2 Å². The van der Waals surface area contributed by atoms with Crippen LogP contribution in [0.3, 0.4) is 0 Å². The van der Waals surface area contributed by atoms with Gasteiger partial charge >= 0.3 is 5.97 Å². The molecule has 0 aliphatic carbocycles. The number of phenolic OH excluding ortho intramolecular Hbond substituents is 1. The Hall–Kier alpha value is -3.71. The van der Waals surface area contributed by atoms with Gasteiger partial charge in [-0.25, -0.2) is 0 Å². The first-order valence-electron chi connectivity index (χ1n) is 10.2. The lowest BCUT2D eigenvalue weighted by Gasteiger charge is -2.25. The van der Waals surface area contributed by atoms with Crippen LogP contribution in [0.15, 0.2) is 78.9 Å². The summed E-state index contributed by atoms with van der Waals surface area (Å²) in [6.45, 7) is 0. The second-order valence-electron chi connectivity index (χ2n) is 7.60. The number of carbonyl (C=O) groups is 2. The van der Waals surface area contributed by atoms with Gasteiger partial charge in [0.2, 0.25) is 5.91 Å². The first kappa shape index (κ1) is 20.2. The van der Waals surface area contributed by atoms with Crippen LogP contribution in [0, 0.1) is 0 Å². The van der Waals surface area contributed by atoms with E-state index >= 15 is 0 Å². The minimum Gasteiger partial charge on any atom is -0.508 e. The molecular weight excluding hydrogens is 424 g/mol. The van der Waals surface area contributed by atoms with E-state index < -0.39 is 16.6 Å². The third-order valence-electron chi connectivity index (χ3n) is 5.59. The molecule has 1 aliphatic heterocycles. The van der Waals surface area contributed by atoms with E-state index in [9.17, 15) is 19.8 Å². The molecule has 0 spiro atoms. The number of thioether (sulfide) groups is 1. The number of aliphatic carboxylic acids is 1. The fourth-order valence-corrected chi connectivity index (χ4v) is 5.62. The number of carboxylic acids is 1. The van der Waals surface area contributed by atoms with Gasteiger partial charge in [0.15, 0.2) is 0 Å². The number of H-pyrrole nitrogens is 1. The lowest BCUT2D eigenvalue weighted by Crippen LogP contribution is -2.32. The molecule has 6 nitrogen and oxygen atoms in total. The third-order valence-corrected chi connectivity index (χ3v) is 7.00. The number of benzene rings is 3. The van der Waals surface area contributed by atoms with Crippen LogP contribution in [0.5, 0.6) is 5.75 Å². The highest BCUT2D eigenvalue weighted by molar-refractivity contribution is 8.01. The van der Waals surface area contributed by atoms with Crippen molar-refractivity contribution in [2.24, 2.45) is 0 Å². The molecule has 1 saturated heterocycles. The number of carbonyl (C=O) groups excluding carboxylic acids is 1. The summed E-state index contributed by atoms with van der Waals surface area (Å²) in [7, 11) is 0. The van der Waals surface area contributed by atoms with Gasteiger partial charge in [0.1, 0.15) is 11.1 Å². The summed E-state index contributed by atoms with van der Waals surface area (Å²) in [5, 5.41) is 19.5. The number of fused-ring (bicyclic) bond motifs is 1. The highest BCUT2D eigenvalue weighted by Gasteiger charge is 2.45. The van der Waals surface area contributed by atoms with Crippen LogP contribution < -0.4 is 4.90 Å². The number of para-hydroxylation sites is 2. The molecule has 1 fully saturated rings. The van der Waals surface area contributed by atoms with Gasteiger partial charge in [0.05, 0.1) is 23.1 Å². The molecule has 0 saturated carbocycles. The highest BCUT2D eigenvalue weighted by atomic mass is 32.2. The summed E-state index contributed by atoms with van der Waals surface area (Å²) >= 11 is 1.25. The second kappa shape index (κ2) is 8.09. The average Bonchev–Trinajstić information content (AvgIpc) is 3.32. The van der Waals surface area contributed by atoms with Crippen molar-refractivity contribution in [2.75, 3.05) is 4.90 Å². The monoisotopic (exact) mass is 444 g/mol. The number of rotatable bonds is 5. The zero-order valence-corrected chi connectivity index (χ0v) is 17.8. The van der Waals surface area contributed by atoms with Crippen molar-refractivity contribution >= 4 is 40.2 Å². The number of aromatic hydroxyl groups is 1. The maximum absolute atomic E-state index is 13.6. The molecule has 3 aromatic carbocycles. The van der Waals surface area contributed by atoms with Crippen molar-refractivity contribution in [1.82, 2.24) is 4.98 Å². The number of nitrogens with zero attached hydrogens (tertiary/aromatic N) is 1. The Kier molecular flexibility index (Phi) is 5.11. The fourth-order valence-electron chi connectivity index (χ4n) is 4.17. The minimum atomic E-state index is -1.03. The summed E-state index contributed by atoms with van der Waals surface area (Å²) in [6.07, 6.45) is -0.285. The second-order valence-corrected chi connectivity index (χ2v) is 8.89. The largest absolute Gasteiger partial charge is 0.508 e. The molecular formula is C25H20N2O4S. The molecule has 1 amide bonds. The van der Waals surface area contributed by atoms with E-state index in [0.29, 0.717) is 11.3 Å². The Bertz CT molecular complexity index is 1320. The van der Waals surface area contributed by atoms with Crippen molar-refractivity contribution in [3.63, 3.8) is 0 Å². The van der Waals surface area contributed by atoms with Crippen molar-refractivity contribution in [2.45, 2.75) is 17.0 Å². The molecule has 2 unspecified atom stereocenters. The maximum Gasteiger partial charge on any atom is 0.305 e. The number of hydrogen-bond donors (Lipinski definition) is 3. The van der Waals surface area contributed by atoms with E-state index in [-0.39, 0.29) is 18.1 Å². The SMILES string of the molecule is O=C(O)CC1SC(c2ccccc2O)N(c2c(-c3ccccc3)[nH]c3ccccc23)C1=O. The minimum absolute atomic E-state index is 0.0693. The summed E-state index contributed by atoms with van der Waals surface area (Å²) < 4.78 is 0. The molecule has 2 atom stereocenters. The zero-order chi connectivity index (χ0) is 22.2. The van der Waals surface area contributed by atoms with Crippen LogP contribution >= 0.6 is 11.8 Å². The highest BCUT2D eigenvalue weighted by Crippen LogP contribution is 2.52. The molecule has 1 aliphatic rings. The van der Waals surface area contributed by atoms with E-state index in [0.717, 1.165) is 22.2 Å². The van der Waals surface area contributed by atoms with Crippen molar-refractivity contribution in [3.8, 4) is 17.0 Å². The topological polar surface area (TPSA) is 93.6 Å². The van der Waals surface area contributed by atoms with Crippen LogP contribution in [-0.4, -0.2) is 32.3 Å². The number of aromatic amines is 1. The van der Waals surface area contributed by atoms with Crippen molar-refractivity contribution in [3.05, 3.63) is 84.4 Å². The maximum atomic E-state index is 13.6. The Morgan fingerprint density at radius 2 is 1.66 bits per heavy atom. The van der Waals surface area contributed by atoms with E-state index in [1.165, 1.54) is 11.8 Å². The molecule has 3 N–H and O–H groups in total. The predicted molar refractivity (Wildman–Crippen MR) is 126 cm³/mol. The molecule has 7 heteroatoms. The summed E-state index contributed by atoms with van der Waals surface area (Å²) in [5.74, 6) is -1.25. The summed E-state index contributed by atoms with van der Waals surface area (Å²) in [4.78, 5) is 30.2. The van der Waals surface area contributed by atoms with Gasteiger partial charge < -0.3 is 15.2 Å². The summed E-state index contributed by atoms with van der Waals surface area (Å²) in [5.41, 5.74) is 3.82. The van der Waals surface area contributed by atoms with Gasteiger partial charge in [-0.1, -0.05) is 66.7 Å². The smallest absolute Gasteiger partial charge is 0.305 e. The first-order chi connectivity index (χ1) is 15.5. The predicted octanol–water partition coefficient (Wildman–Crippen LogP) is 5.16. The molecule has 1 aromatic heterocycles. The molecule has 5 rings (SSSR count). The zero-order valence-electron chi connectivity index (χ0n) is 16.9. The Morgan fingerprint density at radius 3 is 2.41 bits per heavy atom. The normalized spacial score (nSPS) is 18.4. The first-order valence-corrected chi connectivity index (χ1v) is 11.1. The number of hydrogen-bond acceptors (Lipinski definition) is 4. The van der Waals surface area contributed by atoms with Gasteiger partial charge in [-0.3, -0.25) is 14.5 Å². The van der Waals surface area contributed by atoms with Crippen molar-refractivity contribution in [1.29, 1.82) is 0 Å². The Labute approximate surface area is 188 Å². The van der Waals surface area contributed by atoms with E-state index in [1.807, 2.05) is 54.6 Å². The van der Waals surface area contributed by atoms with Gasteiger partial charge in [-0.15, -0.1) is 11.8 Å². The van der Waals surface area contributed by atoms with Crippen LogP contribution in [0.4, 0.5) is 5.69 Å². The molecule has 2 heterocycles. The molecule has 160 valence electrons. The molecule has 0 radical (unpaired) electrons. The quantitative estimate of drug-likeness (QED) is 0.395. The standard InChI is InChI=1S/C25H20N2O4S/c28-19-13-7-5-11-17(19)25-27(24(31)20(32-25)14-21(29)30)23-16-10-4-6-12-18(16)26-22(23)15-8-2-1-3-9-15/h1-13,20,25-26,28H,14H2,(H,29,30). The Morgan fingerprint density at radius 1 is 0.969 bits per heavy atom. The molecule has 4 aromatic rings. The number of amides is 1. The van der Waals surface area contributed by atoms with E-state index in [2.05, 4.69) is 4.98 Å². The van der Waals surface area contributed by atoms with E-state index in [1.54, 1.807) is 29.2 Å². The van der Waals surface area contributed by atoms with Gasteiger partial charge in [0.25, 0.3) is 0 Å². The van der Waals surface area contributed by atoms with Crippen LogP contribution in [-0.2, 0) is 9.59 Å². The fraction of sp³-hybridized carbons (Fsp3) is 0.120. The average molecular weight is 445 g/mol. The van der Waals surface area contributed by atoms with Gasteiger partial charge in [0, 0.05) is 22.0 Å². The lowest BCUT2D eigenvalue weighted by molar-refractivity contribution is -0.138. The van der Waals surface area contributed by atoms with Crippen LogP contribution in [0.1, 0.15) is 17.4 Å². The number of anilines is 1. The number of phenols is 1. The van der Waals surface area contributed by atoms with E-state index in [4.69, 9.17) is 0 Å². The van der Waals surface area contributed by atoms with Gasteiger partial charge in [-0.05, 0) is 12.1 Å². The van der Waals surface area contributed by atoms with Crippen molar-refractivity contribution < 1.29 is 19.8 Å². The number of nitrogens with one attached hydrogen (secondary N) is 1. The number of carboxylic acid groups (broad SMARTS) is 1. The van der Waals surface area contributed by atoms with Crippen LogP contribution in [0.2, 0.25) is 0 Å². The number of aromatic nitrogens is 1. The Balaban J connectivity index is 1.75. The lowest BCUT2D eigenvalue weighted by atomic mass is 10.1. The summed E-state index contributed by atoms with van der Waals surface area (Å²) in [6, 6.07) is 24.3. The molecule has 0 bridgehead atoms. The third kappa shape index (κ3) is 3.40. The van der Waals surface area contributed by atoms with Gasteiger partial charge in [-0.2, -0.15) is 0 Å².